The summed E-state index contributed by atoms with van der Waals surface area (Å²) in [7, 11) is 0. The highest BCUT2D eigenvalue weighted by molar-refractivity contribution is 5.73. The molecule has 1 aliphatic carbocycles. The lowest BCUT2D eigenvalue weighted by Gasteiger charge is -2.34. The number of rotatable bonds is 2. The van der Waals surface area contributed by atoms with Crippen molar-refractivity contribution in [2.24, 2.45) is 11.8 Å². The van der Waals surface area contributed by atoms with Crippen LogP contribution >= 0.6 is 0 Å². The standard InChI is InChI=1S/C11H20O2/c1-5-8-6-9(7-8)10(12)13-11(2,3)4/h8-9H,5-7H2,1-4H3. The zero-order valence-electron chi connectivity index (χ0n) is 9.09. The van der Waals surface area contributed by atoms with E-state index in [2.05, 4.69) is 6.92 Å². The van der Waals surface area contributed by atoms with Gasteiger partial charge in [-0.15, -0.1) is 0 Å². The number of ether oxygens (including phenoxy) is 1. The molecule has 0 aromatic rings. The van der Waals surface area contributed by atoms with E-state index in [0.717, 1.165) is 18.8 Å². The van der Waals surface area contributed by atoms with E-state index in [9.17, 15) is 4.79 Å². The van der Waals surface area contributed by atoms with E-state index in [-0.39, 0.29) is 17.5 Å². The second-order valence-electron chi connectivity index (χ2n) is 4.98. The first-order valence-electron chi connectivity index (χ1n) is 5.15. The second kappa shape index (κ2) is 3.69. The minimum atomic E-state index is -0.325. The van der Waals surface area contributed by atoms with E-state index in [1.54, 1.807) is 0 Å². The topological polar surface area (TPSA) is 26.3 Å². The van der Waals surface area contributed by atoms with Crippen LogP contribution in [0.5, 0.6) is 0 Å². The van der Waals surface area contributed by atoms with Gasteiger partial charge in [0.25, 0.3) is 0 Å². The highest BCUT2D eigenvalue weighted by Gasteiger charge is 2.35. The number of esters is 1. The molecule has 0 saturated heterocycles. The van der Waals surface area contributed by atoms with Crippen LogP contribution in [0, 0.1) is 11.8 Å². The largest absolute Gasteiger partial charge is 0.460 e. The molecule has 0 aromatic carbocycles. The van der Waals surface area contributed by atoms with Crippen molar-refractivity contribution in [1.29, 1.82) is 0 Å². The molecular weight excluding hydrogens is 164 g/mol. The third kappa shape index (κ3) is 3.02. The van der Waals surface area contributed by atoms with Gasteiger partial charge in [-0.2, -0.15) is 0 Å². The number of hydrogen-bond donors (Lipinski definition) is 0. The molecule has 1 saturated carbocycles. The quantitative estimate of drug-likeness (QED) is 0.617. The summed E-state index contributed by atoms with van der Waals surface area (Å²) in [6.07, 6.45) is 3.26. The van der Waals surface area contributed by atoms with Gasteiger partial charge in [-0.25, -0.2) is 0 Å². The summed E-state index contributed by atoms with van der Waals surface area (Å²) < 4.78 is 5.30. The molecule has 1 fully saturated rings. The highest BCUT2D eigenvalue weighted by atomic mass is 16.6. The van der Waals surface area contributed by atoms with Crippen LogP contribution in [0.4, 0.5) is 0 Å². The van der Waals surface area contributed by atoms with E-state index in [4.69, 9.17) is 4.74 Å². The Kier molecular flexibility index (Phi) is 2.99. The lowest BCUT2D eigenvalue weighted by Crippen LogP contribution is -2.35. The molecule has 0 atom stereocenters. The summed E-state index contributed by atoms with van der Waals surface area (Å²) >= 11 is 0. The van der Waals surface area contributed by atoms with Crippen LogP contribution in [-0.4, -0.2) is 11.6 Å². The van der Waals surface area contributed by atoms with E-state index in [0.29, 0.717) is 0 Å². The van der Waals surface area contributed by atoms with Crippen LogP contribution in [0.25, 0.3) is 0 Å². The first-order chi connectivity index (χ1) is 5.92. The Bertz CT molecular complexity index is 185. The van der Waals surface area contributed by atoms with Gasteiger partial charge >= 0.3 is 5.97 Å². The number of carbonyl (C=O) groups is 1. The molecule has 2 nitrogen and oxygen atoms in total. The van der Waals surface area contributed by atoms with E-state index >= 15 is 0 Å². The molecule has 0 N–H and O–H groups in total. The zero-order chi connectivity index (χ0) is 10.1. The normalized spacial score (nSPS) is 28.0. The second-order valence-corrected chi connectivity index (χ2v) is 4.98. The maximum Gasteiger partial charge on any atom is 0.309 e. The van der Waals surface area contributed by atoms with Gasteiger partial charge < -0.3 is 4.74 Å². The van der Waals surface area contributed by atoms with Gasteiger partial charge in [-0.1, -0.05) is 13.3 Å². The Morgan fingerprint density at radius 3 is 2.31 bits per heavy atom. The summed E-state index contributed by atoms with van der Waals surface area (Å²) in [5.74, 6) is 0.943. The third-order valence-corrected chi connectivity index (χ3v) is 2.55. The first kappa shape index (κ1) is 10.6. The van der Waals surface area contributed by atoms with Gasteiger partial charge in [0.1, 0.15) is 5.60 Å². The fourth-order valence-electron chi connectivity index (χ4n) is 1.65. The van der Waals surface area contributed by atoms with Crippen molar-refractivity contribution < 1.29 is 9.53 Å². The molecule has 1 aliphatic rings. The Labute approximate surface area is 80.7 Å². The predicted molar refractivity (Wildman–Crippen MR) is 52.4 cm³/mol. The van der Waals surface area contributed by atoms with Crippen molar-refractivity contribution in [3.63, 3.8) is 0 Å². The summed E-state index contributed by atoms with van der Waals surface area (Å²) in [6.45, 7) is 7.93. The monoisotopic (exact) mass is 184 g/mol. The molecule has 2 heteroatoms. The molecule has 0 spiro atoms. The first-order valence-corrected chi connectivity index (χ1v) is 5.15. The van der Waals surface area contributed by atoms with Crippen molar-refractivity contribution in [2.75, 3.05) is 0 Å². The molecule has 0 amide bonds. The SMILES string of the molecule is CCC1CC(C(=O)OC(C)(C)C)C1. The summed E-state index contributed by atoms with van der Waals surface area (Å²) in [5.41, 5.74) is -0.325. The lowest BCUT2D eigenvalue weighted by molar-refractivity contribution is -0.164. The van der Waals surface area contributed by atoms with E-state index < -0.39 is 0 Å². The summed E-state index contributed by atoms with van der Waals surface area (Å²) in [4.78, 5) is 11.5. The predicted octanol–water partition coefficient (Wildman–Crippen LogP) is 2.76. The molecule has 0 unspecified atom stereocenters. The van der Waals surface area contributed by atoms with Gasteiger partial charge in [0.15, 0.2) is 0 Å². The van der Waals surface area contributed by atoms with Crippen LogP contribution in [-0.2, 0) is 9.53 Å². The minimum absolute atomic E-state index is 0.00259. The lowest BCUT2D eigenvalue weighted by atomic mass is 9.73. The van der Waals surface area contributed by atoms with Gasteiger partial charge in [0.2, 0.25) is 0 Å². The number of carbonyl (C=O) groups excluding carboxylic acids is 1. The maximum absolute atomic E-state index is 11.5. The molecule has 76 valence electrons. The Morgan fingerprint density at radius 2 is 1.92 bits per heavy atom. The zero-order valence-corrected chi connectivity index (χ0v) is 9.09. The molecule has 0 bridgehead atoms. The van der Waals surface area contributed by atoms with Crippen LogP contribution in [0.3, 0.4) is 0 Å². The smallest absolute Gasteiger partial charge is 0.309 e. The average Bonchev–Trinajstić information content (AvgIpc) is 1.79. The molecule has 0 aromatic heterocycles. The summed E-state index contributed by atoms with van der Waals surface area (Å²) in [5, 5.41) is 0. The van der Waals surface area contributed by atoms with Gasteiger partial charge in [0.05, 0.1) is 5.92 Å². The summed E-state index contributed by atoms with van der Waals surface area (Å²) in [6, 6.07) is 0. The molecule has 0 heterocycles. The molecule has 0 aliphatic heterocycles. The van der Waals surface area contributed by atoms with Crippen LogP contribution in [0.15, 0.2) is 0 Å². The highest BCUT2D eigenvalue weighted by Crippen LogP contribution is 2.37. The van der Waals surface area contributed by atoms with Gasteiger partial charge in [0, 0.05) is 0 Å². The minimum Gasteiger partial charge on any atom is -0.460 e. The Hall–Kier alpha value is -0.530. The fourth-order valence-corrected chi connectivity index (χ4v) is 1.65. The van der Waals surface area contributed by atoms with Gasteiger partial charge in [-0.05, 0) is 39.5 Å². The van der Waals surface area contributed by atoms with Crippen molar-refractivity contribution >= 4 is 5.97 Å². The van der Waals surface area contributed by atoms with E-state index in [1.807, 2.05) is 20.8 Å². The van der Waals surface area contributed by atoms with Crippen LogP contribution in [0.1, 0.15) is 47.0 Å². The van der Waals surface area contributed by atoms with Crippen molar-refractivity contribution in [3.8, 4) is 0 Å². The molecule has 1 rings (SSSR count). The van der Waals surface area contributed by atoms with Crippen molar-refractivity contribution in [1.82, 2.24) is 0 Å². The fraction of sp³-hybridized carbons (Fsp3) is 0.909. The average molecular weight is 184 g/mol. The molecule has 13 heavy (non-hydrogen) atoms. The third-order valence-electron chi connectivity index (χ3n) is 2.55. The molecular formula is C11H20O2. The maximum atomic E-state index is 11.5. The van der Waals surface area contributed by atoms with Crippen LogP contribution in [0.2, 0.25) is 0 Å². The Morgan fingerprint density at radius 1 is 1.38 bits per heavy atom. The van der Waals surface area contributed by atoms with Gasteiger partial charge in [-0.3, -0.25) is 4.79 Å². The van der Waals surface area contributed by atoms with Crippen molar-refractivity contribution in [2.45, 2.75) is 52.6 Å². The van der Waals surface area contributed by atoms with Crippen LogP contribution < -0.4 is 0 Å². The Balaban J connectivity index is 2.27. The molecule has 0 radical (unpaired) electrons. The number of hydrogen-bond acceptors (Lipinski definition) is 2. The van der Waals surface area contributed by atoms with E-state index in [1.165, 1.54) is 6.42 Å². The van der Waals surface area contributed by atoms with Crippen molar-refractivity contribution in [3.05, 3.63) is 0 Å².